The number of ether oxygens (including phenoxy) is 1. The van der Waals surface area contributed by atoms with Crippen LogP contribution in [0.2, 0.25) is 0 Å². The molecule has 0 spiro atoms. The number of nitrogens with zero attached hydrogens (tertiary/aromatic N) is 1. The second-order valence-corrected chi connectivity index (χ2v) is 4.22. The van der Waals surface area contributed by atoms with Gasteiger partial charge >= 0.3 is 0 Å². The Hall–Kier alpha value is -1.25. The average molecular weight is 237 g/mol. The highest BCUT2D eigenvalue weighted by Gasteiger charge is 2.02. The molecule has 0 atom stereocenters. The lowest BCUT2D eigenvalue weighted by atomic mass is 10.1. The van der Waals surface area contributed by atoms with E-state index in [1.165, 1.54) is 25.7 Å². The quantitative estimate of drug-likeness (QED) is 0.650. The van der Waals surface area contributed by atoms with Gasteiger partial charge in [0.15, 0.2) is 5.75 Å². The highest BCUT2D eigenvalue weighted by molar-refractivity contribution is 5.17. The minimum absolute atomic E-state index is 0.00941. The minimum Gasteiger partial charge on any atom is -0.488 e. The lowest BCUT2D eigenvalue weighted by Crippen LogP contribution is -2.21. The van der Waals surface area contributed by atoms with Gasteiger partial charge in [-0.3, -0.25) is 4.79 Å². The molecule has 0 amide bonds. The first-order chi connectivity index (χ1) is 8.29. The zero-order valence-electron chi connectivity index (χ0n) is 10.9. The summed E-state index contributed by atoms with van der Waals surface area (Å²) in [5.74, 6) is 0.462. The zero-order chi connectivity index (χ0) is 12.5. The van der Waals surface area contributed by atoms with E-state index in [4.69, 9.17) is 4.74 Å². The molecule has 0 saturated heterocycles. The topological polar surface area (TPSA) is 31.2 Å². The fourth-order valence-electron chi connectivity index (χ4n) is 1.84. The molecule has 0 N–H and O–H groups in total. The summed E-state index contributed by atoms with van der Waals surface area (Å²) in [6.07, 6.45) is 7.89. The minimum atomic E-state index is -0.00941. The monoisotopic (exact) mass is 237 g/mol. The third-order valence-corrected chi connectivity index (χ3v) is 2.79. The van der Waals surface area contributed by atoms with Gasteiger partial charge in [-0.1, -0.05) is 32.6 Å². The van der Waals surface area contributed by atoms with Crippen LogP contribution < -0.4 is 10.3 Å². The molecule has 1 heterocycles. The van der Waals surface area contributed by atoms with Crippen LogP contribution in [0.5, 0.6) is 5.75 Å². The molecule has 0 aliphatic carbocycles. The van der Waals surface area contributed by atoms with E-state index in [-0.39, 0.29) is 5.56 Å². The summed E-state index contributed by atoms with van der Waals surface area (Å²) >= 11 is 0. The maximum absolute atomic E-state index is 11.9. The third kappa shape index (κ3) is 4.63. The van der Waals surface area contributed by atoms with Crippen molar-refractivity contribution < 1.29 is 4.74 Å². The fourth-order valence-corrected chi connectivity index (χ4v) is 1.84. The first-order valence-electron chi connectivity index (χ1n) is 6.61. The molecule has 0 aliphatic rings. The lowest BCUT2D eigenvalue weighted by molar-refractivity contribution is 0.331. The standard InChI is InChI=1S/C14H23NO2/c1-3-5-6-7-8-11-15-12-9-10-13(14(15)16)17-4-2/h9-10,12H,3-8,11H2,1-2H3. The van der Waals surface area contributed by atoms with Crippen molar-refractivity contribution in [2.45, 2.75) is 52.5 Å². The predicted molar refractivity (Wildman–Crippen MR) is 70.6 cm³/mol. The Kier molecular flexibility index (Phi) is 6.45. The van der Waals surface area contributed by atoms with Gasteiger partial charge in [-0.05, 0) is 25.5 Å². The molecule has 3 heteroatoms. The van der Waals surface area contributed by atoms with Crippen molar-refractivity contribution in [2.75, 3.05) is 6.61 Å². The first-order valence-corrected chi connectivity index (χ1v) is 6.61. The van der Waals surface area contributed by atoms with E-state index in [2.05, 4.69) is 6.92 Å². The van der Waals surface area contributed by atoms with Crippen LogP contribution in [-0.4, -0.2) is 11.2 Å². The van der Waals surface area contributed by atoms with Gasteiger partial charge in [0.25, 0.3) is 5.56 Å². The van der Waals surface area contributed by atoms with E-state index in [1.807, 2.05) is 19.2 Å². The molecule has 0 bridgehead atoms. The van der Waals surface area contributed by atoms with Gasteiger partial charge in [-0.25, -0.2) is 0 Å². The molecule has 0 aromatic carbocycles. The molecule has 1 rings (SSSR count). The first kappa shape index (κ1) is 13.8. The highest BCUT2D eigenvalue weighted by atomic mass is 16.5. The van der Waals surface area contributed by atoms with Gasteiger partial charge in [0.1, 0.15) is 0 Å². The van der Waals surface area contributed by atoms with Crippen molar-refractivity contribution in [3.8, 4) is 5.75 Å². The van der Waals surface area contributed by atoms with Crippen LogP contribution in [0.25, 0.3) is 0 Å². The normalized spacial score (nSPS) is 10.5. The van der Waals surface area contributed by atoms with E-state index < -0.39 is 0 Å². The summed E-state index contributed by atoms with van der Waals surface area (Å²) in [5.41, 5.74) is -0.00941. The lowest BCUT2D eigenvalue weighted by Gasteiger charge is -2.08. The van der Waals surface area contributed by atoms with Crippen LogP contribution in [-0.2, 0) is 6.54 Å². The van der Waals surface area contributed by atoms with Crippen LogP contribution in [0.1, 0.15) is 46.0 Å². The van der Waals surface area contributed by atoms with Crippen molar-refractivity contribution in [1.82, 2.24) is 4.57 Å². The van der Waals surface area contributed by atoms with Crippen LogP contribution in [0.15, 0.2) is 23.1 Å². The van der Waals surface area contributed by atoms with E-state index >= 15 is 0 Å². The Morgan fingerprint density at radius 1 is 1.18 bits per heavy atom. The number of unbranched alkanes of at least 4 members (excludes halogenated alkanes) is 4. The van der Waals surface area contributed by atoms with Crippen LogP contribution >= 0.6 is 0 Å². The van der Waals surface area contributed by atoms with Crippen molar-refractivity contribution >= 4 is 0 Å². The average Bonchev–Trinajstić information content (AvgIpc) is 2.33. The molecule has 0 fully saturated rings. The number of rotatable bonds is 8. The molecule has 0 saturated carbocycles. The van der Waals surface area contributed by atoms with Gasteiger partial charge in [-0.15, -0.1) is 0 Å². The SMILES string of the molecule is CCCCCCCn1cccc(OCC)c1=O. The Morgan fingerprint density at radius 3 is 2.65 bits per heavy atom. The Bertz CT molecular complexity index is 371. The number of aryl methyl sites for hydroxylation is 1. The number of aromatic nitrogens is 1. The van der Waals surface area contributed by atoms with Crippen LogP contribution in [0, 0.1) is 0 Å². The van der Waals surface area contributed by atoms with E-state index in [0.717, 1.165) is 13.0 Å². The van der Waals surface area contributed by atoms with Crippen LogP contribution in [0.4, 0.5) is 0 Å². The predicted octanol–water partition coefficient (Wildman–Crippen LogP) is 3.22. The molecule has 3 nitrogen and oxygen atoms in total. The van der Waals surface area contributed by atoms with Crippen LogP contribution in [0.3, 0.4) is 0 Å². The molecule has 17 heavy (non-hydrogen) atoms. The van der Waals surface area contributed by atoms with Gasteiger partial charge in [0.2, 0.25) is 0 Å². The summed E-state index contributed by atoms with van der Waals surface area (Å²) in [7, 11) is 0. The van der Waals surface area contributed by atoms with Crippen molar-refractivity contribution in [3.63, 3.8) is 0 Å². The van der Waals surface area contributed by atoms with E-state index in [0.29, 0.717) is 12.4 Å². The zero-order valence-corrected chi connectivity index (χ0v) is 10.9. The fraction of sp³-hybridized carbons (Fsp3) is 0.643. The molecule has 0 unspecified atom stereocenters. The van der Waals surface area contributed by atoms with Crippen molar-refractivity contribution in [1.29, 1.82) is 0 Å². The van der Waals surface area contributed by atoms with E-state index in [1.54, 1.807) is 10.6 Å². The smallest absolute Gasteiger partial charge is 0.292 e. The maximum atomic E-state index is 11.9. The van der Waals surface area contributed by atoms with Gasteiger partial charge in [0.05, 0.1) is 6.61 Å². The van der Waals surface area contributed by atoms with Gasteiger partial charge in [-0.2, -0.15) is 0 Å². The summed E-state index contributed by atoms with van der Waals surface area (Å²) < 4.78 is 7.04. The summed E-state index contributed by atoms with van der Waals surface area (Å²) in [6, 6.07) is 3.61. The molecule has 0 radical (unpaired) electrons. The molecule has 96 valence electrons. The molecule has 1 aromatic rings. The number of hydrogen-bond donors (Lipinski definition) is 0. The largest absolute Gasteiger partial charge is 0.488 e. The molecular weight excluding hydrogens is 214 g/mol. The van der Waals surface area contributed by atoms with Crippen molar-refractivity contribution in [3.05, 3.63) is 28.7 Å². The second kappa shape index (κ2) is 7.93. The third-order valence-electron chi connectivity index (χ3n) is 2.79. The molecule has 1 aromatic heterocycles. The Balaban J connectivity index is 2.48. The van der Waals surface area contributed by atoms with Gasteiger partial charge in [0, 0.05) is 12.7 Å². The van der Waals surface area contributed by atoms with Gasteiger partial charge < -0.3 is 9.30 Å². The summed E-state index contributed by atoms with van der Waals surface area (Å²) in [4.78, 5) is 11.9. The Labute approximate surface area is 103 Å². The van der Waals surface area contributed by atoms with E-state index in [9.17, 15) is 4.79 Å². The molecule has 0 aliphatic heterocycles. The molecular formula is C14H23NO2. The summed E-state index contributed by atoms with van der Waals surface area (Å²) in [5, 5.41) is 0. The summed E-state index contributed by atoms with van der Waals surface area (Å²) in [6.45, 7) is 5.43. The number of hydrogen-bond acceptors (Lipinski definition) is 2. The maximum Gasteiger partial charge on any atom is 0.292 e. The highest BCUT2D eigenvalue weighted by Crippen LogP contribution is 2.05. The second-order valence-electron chi connectivity index (χ2n) is 4.22. The Morgan fingerprint density at radius 2 is 1.94 bits per heavy atom. The number of pyridine rings is 1. The van der Waals surface area contributed by atoms with Crippen molar-refractivity contribution in [2.24, 2.45) is 0 Å².